The van der Waals surface area contributed by atoms with Gasteiger partial charge in [-0.1, -0.05) is 0 Å². The third-order valence-corrected chi connectivity index (χ3v) is 1.55. The van der Waals surface area contributed by atoms with Crippen LogP contribution >= 0.6 is 0 Å². The largest absolute Gasteiger partial charge is 0.369 e. The highest BCUT2D eigenvalue weighted by molar-refractivity contribution is 5.36. The maximum Gasteiger partial charge on any atom is 0.274 e. The van der Waals surface area contributed by atoms with Crippen LogP contribution in [0.25, 0.3) is 0 Å². The normalized spacial score (nSPS) is 14.4. The third-order valence-electron chi connectivity index (χ3n) is 1.55. The average Bonchev–Trinajstić information content (AvgIpc) is 2.33. The lowest BCUT2D eigenvalue weighted by atomic mass is 10.6. The van der Waals surface area contributed by atoms with Crippen LogP contribution in [0.2, 0.25) is 0 Å². The van der Waals surface area contributed by atoms with E-state index in [0.717, 1.165) is 18.9 Å². The molecule has 52 valence electrons. The second-order valence-corrected chi connectivity index (χ2v) is 2.23. The van der Waals surface area contributed by atoms with Gasteiger partial charge in [-0.3, -0.25) is 4.79 Å². The monoisotopic (exact) mass is 137 g/mol. The van der Waals surface area contributed by atoms with Gasteiger partial charge in [-0.15, -0.1) is 0 Å². The fraction of sp³-hybridized carbons (Fsp3) is 0.333. The molecule has 4 nitrogen and oxygen atoms in total. The summed E-state index contributed by atoms with van der Waals surface area (Å²) in [5, 5.41) is 3.06. The molecule has 2 heterocycles. The molecule has 1 aliphatic rings. The fourth-order valence-electron chi connectivity index (χ4n) is 1.06. The van der Waals surface area contributed by atoms with Gasteiger partial charge in [0, 0.05) is 19.2 Å². The third kappa shape index (κ3) is 0.689. The van der Waals surface area contributed by atoms with Crippen molar-refractivity contribution in [2.45, 2.75) is 6.54 Å². The summed E-state index contributed by atoms with van der Waals surface area (Å²) in [7, 11) is 0. The van der Waals surface area contributed by atoms with Crippen LogP contribution in [0.1, 0.15) is 0 Å². The van der Waals surface area contributed by atoms with Crippen molar-refractivity contribution in [1.82, 2.24) is 9.55 Å². The van der Waals surface area contributed by atoms with Gasteiger partial charge in [0.05, 0.1) is 0 Å². The van der Waals surface area contributed by atoms with Gasteiger partial charge in [0.15, 0.2) is 0 Å². The topological polar surface area (TPSA) is 46.9 Å². The molecule has 0 aliphatic carbocycles. The molecule has 0 saturated carbocycles. The fourth-order valence-corrected chi connectivity index (χ4v) is 1.06. The number of nitrogens with one attached hydrogen (secondary N) is 1. The maximum absolute atomic E-state index is 10.7. The van der Waals surface area contributed by atoms with Gasteiger partial charge in [0.25, 0.3) is 5.56 Å². The molecule has 2 rings (SSSR count). The van der Waals surface area contributed by atoms with Crippen LogP contribution in [0.3, 0.4) is 0 Å². The van der Waals surface area contributed by atoms with Crippen molar-refractivity contribution in [2.75, 3.05) is 11.9 Å². The van der Waals surface area contributed by atoms with E-state index in [9.17, 15) is 4.79 Å². The van der Waals surface area contributed by atoms with E-state index in [4.69, 9.17) is 0 Å². The Morgan fingerprint density at radius 1 is 1.70 bits per heavy atom. The van der Waals surface area contributed by atoms with Gasteiger partial charge >= 0.3 is 0 Å². The predicted molar refractivity (Wildman–Crippen MR) is 37.0 cm³/mol. The first-order valence-electron chi connectivity index (χ1n) is 3.16. The average molecular weight is 137 g/mol. The summed E-state index contributed by atoms with van der Waals surface area (Å²) < 4.78 is 1.92. The molecule has 1 N–H and O–H groups in total. The molecule has 0 fully saturated rings. The Morgan fingerprint density at radius 2 is 2.60 bits per heavy atom. The van der Waals surface area contributed by atoms with Crippen molar-refractivity contribution in [3.63, 3.8) is 0 Å². The van der Waals surface area contributed by atoms with Crippen LogP contribution in [0.15, 0.2) is 17.2 Å². The lowest BCUT2D eigenvalue weighted by molar-refractivity contribution is 0.776. The standard InChI is InChI=1S/C6H7N3O/c10-6-3-5-7-1-2-9(5)4-8-6/h3-4,7H,1-2H2. The Morgan fingerprint density at radius 3 is 3.50 bits per heavy atom. The summed E-state index contributed by atoms with van der Waals surface area (Å²) in [6, 6.07) is 1.51. The molecule has 10 heavy (non-hydrogen) atoms. The molecule has 0 amide bonds. The van der Waals surface area contributed by atoms with Crippen LogP contribution in [-0.2, 0) is 6.54 Å². The van der Waals surface area contributed by atoms with Crippen molar-refractivity contribution in [3.05, 3.63) is 22.7 Å². The SMILES string of the molecule is O=c1cc2n(cn1)CCN2. The molecule has 0 aromatic carbocycles. The number of hydrogen-bond donors (Lipinski definition) is 1. The molecule has 0 atom stereocenters. The molecule has 0 spiro atoms. The Labute approximate surface area is 57.5 Å². The molecular weight excluding hydrogens is 130 g/mol. The predicted octanol–water partition coefficient (Wildman–Crippen LogP) is -0.331. The van der Waals surface area contributed by atoms with Gasteiger partial charge in [-0.25, -0.2) is 0 Å². The highest BCUT2D eigenvalue weighted by Gasteiger charge is 2.06. The number of hydrogen-bond acceptors (Lipinski definition) is 3. The molecule has 0 bridgehead atoms. The van der Waals surface area contributed by atoms with Crippen molar-refractivity contribution in [2.24, 2.45) is 0 Å². The van der Waals surface area contributed by atoms with Crippen molar-refractivity contribution in [1.29, 1.82) is 0 Å². The summed E-state index contributed by atoms with van der Waals surface area (Å²) in [4.78, 5) is 14.3. The summed E-state index contributed by atoms with van der Waals surface area (Å²) >= 11 is 0. The first kappa shape index (κ1) is 5.46. The smallest absolute Gasteiger partial charge is 0.274 e. The van der Waals surface area contributed by atoms with E-state index in [1.54, 1.807) is 6.33 Å². The number of fused-ring (bicyclic) bond motifs is 1. The van der Waals surface area contributed by atoms with Gasteiger partial charge in [-0.2, -0.15) is 4.98 Å². The highest BCUT2D eigenvalue weighted by Crippen LogP contribution is 2.07. The quantitative estimate of drug-likeness (QED) is 0.532. The van der Waals surface area contributed by atoms with E-state index < -0.39 is 0 Å². The molecule has 1 aromatic heterocycles. The molecule has 0 saturated heterocycles. The van der Waals surface area contributed by atoms with Gasteiger partial charge in [0.1, 0.15) is 12.1 Å². The van der Waals surface area contributed by atoms with E-state index in [-0.39, 0.29) is 5.56 Å². The zero-order valence-corrected chi connectivity index (χ0v) is 5.37. The zero-order valence-electron chi connectivity index (χ0n) is 5.37. The van der Waals surface area contributed by atoms with Crippen molar-refractivity contribution < 1.29 is 0 Å². The van der Waals surface area contributed by atoms with E-state index >= 15 is 0 Å². The molecule has 0 unspecified atom stereocenters. The summed E-state index contributed by atoms with van der Waals surface area (Å²) in [6.07, 6.45) is 1.57. The first-order valence-corrected chi connectivity index (χ1v) is 3.16. The van der Waals surface area contributed by atoms with Crippen LogP contribution in [0.4, 0.5) is 5.82 Å². The van der Waals surface area contributed by atoms with Gasteiger partial charge < -0.3 is 9.88 Å². The van der Waals surface area contributed by atoms with Crippen molar-refractivity contribution in [3.8, 4) is 0 Å². The summed E-state index contributed by atoms with van der Waals surface area (Å²) in [5.74, 6) is 0.875. The molecule has 1 aromatic rings. The molecule has 0 radical (unpaired) electrons. The van der Waals surface area contributed by atoms with E-state index in [2.05, 4.69) is 10.3 Å². The van der Waals surface area contributed by atoms with E-state index in [1.165, 1.54) is 6.07 Å². The minimum absolute atomic E-state index is 0.180. The lowest BCUT2D eigenvalue weighted by Crippen LogP contribution is -2.07. The molecular formula is C6H7N3O. The van der Waals surface area contributed by atoms with Crippen molar-refractivity contribution >= 4 is 5.82 Å². The van der Waals surface area contributed by atoms with Crippen LogP contribution in [-0.4, -0.2) is 16.1 Å². The number of anilines is 1. The van der Waals surface area contributed by atoms with Gasteiger partial charge in [0.2, 0.25) is 0 Å². The number of rotatable bonds is 0. The second-order valence-electron chi connectivity index (χ2n) is 2.23. The zero-order chi connectivity index (χ0) is 6.97. The molecule has 1 aliphatic heterocycles. The van der Waals surface area contributed by atoms with E-state index in [1.807, 2.05) is 4.57 Å². The minimum atomic E-state index is -0.180. The van der Waals surface area contributed by atoms with Crippen LogP contribution < -0.4 is 10.9 Å². The highest BCUT2D eigenvalue weighted by atomic mass is 16.1. The van der Waals surface area contributed by atoms with Crippen LogP contribution in [0, 0.1) is 0 Å². The van der Waals surface area contributed by atoms with E-state index in [0.29, 0.717) is 0 Å². The molecule has 4 heteroatoms. The summed E-state index contributed by atoms with van der Waals surface area (Å²) in [5.41, 5.74) is -0.180. The Hall–Kier alpha value is -1.32. The first-order chi connectivity index (χ1) is 4.86. The van der Waals surface area contributed by atoms with Crippen LogP contribution in [0.5, 0.6) is 0 Å². The lowest BCUT2D eigenvalue weighted by Gasteiger charge is -1.97. The Bertz CT molecular complexity index is 304. The maximum atomic E-state index is 10.7. The number of aromatic nitrogens is 2. The number of nitrogens with zero attached hydrogens (tertiary/aromatic N) is 2. The van der Waals surface area contributed by atoms with Gasteiger partial charge in [-0.05, 0) is 0 Å². The Kier molecular flexibility index (Phi) is 1.00. The Balaban J connectivity index is 2.63. The summed E-state index contributed by atoms with van der Waals surface area (Å²) in [6.45, 7) is 1.80. The second kappa shape index (κ2) is 1.83. The minimum Gasteiger partial charge on any atom is -0.369 e.